The molecule has 24 heavy (non-hydrogen) atoms. The molecule has 0 amide bonds. The van der Waals surface area contributed by atoms with Crippen LogP contribution in [0.2, 0.25) is 0 Å². The Labute approximate surface area is 147 Å². The van der Waals surface area contributed by atoms with Gasteiger partial charge in [0.1, 0.15) is 12.7 Å². The van der Waals surface area contributed by atoms with E-state index in [0.717, 1.165) is 23.3 Å². The number of piperidine rings is 1. The van der Waals surface area contributed by atoms with Crippen LogP contribution in [0.5, 0.6) is 11.5 Å². The van der Waals surface area contributed by atoms with E-state index in [4.69, 9.17) is 9.47 Å². The second-order valence-electron chi connectivity index (χ2n) is 9.02. The summed E-state index contributed by atoms with van der Waals surface area (Å²) in [5.41, 5.74) is 1.41. The van der Waals surface area contributed by atoms with Crippen molar-refractivity contribution >= 4 is 0 Å². The second-order valence-corrected chi connectivity index (χ2v) is 9.02. The van der Waals surface area contributed by atoms with Gasteiger partial charge in [0.05, 0.1) is 0 Å². The highest BCUT2D eigenvalue weighted by atomic mass is 16.6. The number of ether oxygens (including phenoxy) is 2. The average Bonchev–Trinajstić information content (AvgIpc) is 2.51. The molecule has 0 spiro atoms. The van der Waals surface area contributed by atoms with E-state index in [1.807, 2.05) is 0 Å². The molecule has 4 atom stereocenters. The molecule has 2 aliphatic rings. The van der Waals surface area contributed by atoms with Gasteiger partial charge < -0.3 is 9.47 Å². The van der Waals surface area contributed by atoms with Crippen LogP contribution in [-0.4, -0.2) is 36.7 Å². The molecule has 1 aromatic rings. The molecule has 1 saturated heterocycles. The summed E-state index contributed by atoms with van der Waals surface area (Å²) < 4.78 is 12.4. The van der Waals surface area contributed by atoms with Crippen LogP contribution in [0.15, 0.2) is 18.2 Å². The van der Waals surface area contributed by atoms with Crippen LogP contribution in [-0.2, 0) is 5.41 Å². The van der Waals surface area contributed by atoms with Crippen molar-refractivity contribution < 1.29 is 9.47 Å². The number of hydrogen-bond acceptors (Lipinski definition) is 3. The summed E-state index contributed by atoms with van der Waals surface area (Å²) in [4.78, 5) is 2.58. The Morgan fingerprint density at radius 3 is 2.38 bits per heavy atom. The molecular formula is C21H33NO2. The smallest absolute Gasteiger partial charge is 0.161 e. The minimum absolute atomic E-state index is 0.107. The van der Waals surface area contributed by atoms with E-state index in [1.54, 1.807) is 0 Å². The number of likely N-dealkylation sites (tertiary alicyclic amines) is 1. The van der Waals surface area contributed by atoms with Crippen molar-refractivity contribution in [2.75, 3.05) is 19.7 Å². The highest BCUT2D eigenvalue weighted by Gasteiger charge is 2.33. The monoisotopic (exact) mass is 331 g/mol. The molecule has 4 unspecified atom stereocenters. The van der Waals surface area contributed by atoms with Crippen LogP contribution in [0.1, 0.15) is 53.5 Å². The van der Waals surface area contributed by atoms with Gasteiger partial charge in [0, 0.05) is 19.1 Å². The first kappa shape index (κ1) is 17.6. The third-order valence-electron chi connectivity index (χ3n) is 5.50. The van der Waals surface area contributed by atoms with Crippen molar-refractivity contribution in [2.45, 2.75) is 65.5 Å². The Bertz CT molecular complexity index is 568. The number of hydrogen-bond donors (Lipinski definition) is 0. The van der Waals surface area contributed by atoms with E-state index in [1.165, 1.54) is 25.1 Å². The van der Waals surface area contributed by atoms with E-state index in [-0.39, 0.29) is 11.5 Å². The van der Waals surface area contributed by atoms with Gasteiger partial charge in [-0.05, 0) is 48.3 Å². The molecule has 3 heteroatoms. The Morgan fingerprint density at radius 1 is 1.08 bits per heavy atom. The zero-order valence-electron chi connectivity index (χ0n) is 16.1. The van der Waals surface area contributed by atoms with Crippen LogP contribution in [0.25, 0.3) is 0 Å². The lowest BCUT2D eigenvalue weighted by molar-refractivity contribution is -0.00267. The molecule has 0 bridgehead atoms. The number of benzene rings is 1. The molecule has 0 radical (unpaired) electrons. The summed E-state index contributed by atoms with van der Waals surface area (Å²) >= 11 is 0. The predicted molar refractivity (Wildman–Crippen MR) is 99.0 cm³/mol. The van der Waals surface area contributed by atoms with E-state index in [9.17, 15) is 0 Å². The fourth-order valence-corrected chi connectivity index (χ4v) is 4.07. The van der Waals surface area contributed by atoms with Gasteiger partial charge in [0.15, 0.2) is 11.5 Å². The SMILES string of the molecule is CC1CC(C)CN(C(C)C2COc3cc(C(C)(C)C)ccc3O2)C1. The molecule has 1 fully saturated rings. The van der Waals surface area contributed by atoms with Gasteiger partial charge in [-0.3, -0.25) is 4.90 Å². The van der Waals surface area contributed by atoms with Gasteiger partial charge in [-0.15, -0.1) is 0 Å². The van der Waals surface area contributed by atoms with Crippen LogP contribution in [0.3, 0.4) is 0 Å². The van der Waals surface area contributed by atoms with Gasteiger partial charge in [-0.1, -0.05) is 40.7 Å². The maximum atomic E-state index is 6.32. The molecule has 0 aliphatic carbocycles. The fraction of sp³-hybridized carbons (Fsp3) is 0.714. The molecule has 0 aromatic heterocycles. The van der Waals surface area contributed by atoms with Crippen LogP contribution in [0.4, 0.5) is 0 Å². The maximum Gasteiger partial charge on any atom is 0.161 e. The van der Waals surface area contributed by atoms with Crippen molar-refractivity contribution in [2.24, 2.45) is 11.8 Å². The highest BCUT2D eigenvalue weighted by molar-refractivity contribution is 5.46. The van der Waals surface area contributed by atoms with Crippen LogP contribution >= 0.6 is 0 Å². The quantitative estimate of drug-likeness (QED) is 0.797. The second kappa shape index (κ2) is 6.59. The molecule has 2 aliphatic heterocycles. The van der Waals surface area contributed by atoms with E-state index in [0.29, 0.717) is 12.6 Å². The summed E-state index contributed by atoms with van der Waals surface area (Å²) in [6.07, 6.45) is 1.44. The highest BCUT2D eigenvalue weighted by Crippen LogP contribution is 2.37. The Kier molecular flexibility index (Phi) is 4.83. The molecular weight excluding hydrogens is 298 g/mol. The summed E-state index contributed by atoms with van der Waals surface area (Å²) in [5, 5.41) is 0. The predicted octanol–water partition coefficient (Wildman–Crippen LogP) is 4.49. The van der Waals surface area contributed by atoms with E-state index >= 15 is 0 Å². The molecule has 2 heterocycles. The van der Waals surface area contributed by atoms with Gasteiger partial charge in [0.2, 0.25) is 0 Å². The first-order valence-electron chi connectivity index (χ1n) is 9.42. The molecule has 0 N–H and O–H groups in total. The maximum absolute atomic E-state index is 6.32. The number of fused-ring (bicyclic) bond motifs is 1. The Morgan fingerprint density at radius 2 is 1.75 bits per heavy atom. The summed E-state index contributed by atoms with van der Waals surface area (Å²) in [5.74, 6) is 3.32. The summed E-state index contributed by atoms with van der Waals surface area (Å²) in [6.45, 7) is 16.6. The topological polar surface area (TPSA) is 21.7 Å². The summed E-state index contributed by atoms with van der Waals surface area (Å²) in [7, 11) is 0. The number of rotatable bonds is 2. The lowest BCUT2D eigenvalue weighted by Crippen LogP contribution is -2.52. The minimum atomic E-state index is 0.107. The lowest BCUT2D eigenvalue weighted by Gasteiger charge is -2.42. The molecule has 134 valence electrons. The van der Waals surface area contributed by atoms with Gasteiger partial charge in [0.25, 0.3) is 0 Å². The molecule has 0 saturated carbocycles. The van der Waals surface area contributed by atoms with Crippen molar-refractivity contribution in [1.29, 1.82) is 0 Å². The summed E-state index contributed by atoms with van der Waals surface area (Å²) in [6, 6.07) is 6.77. The minimum Gasteiger partial charge on any atom is -0.486 e. The van der Waals surface area contributed by atoms with Gasteiger partial charge >= 0.3 is 0 Å². The lowest BCUT2D eigenvalue weighted by atomic mass is 9.87. The Hall–Kier alpha value is -1.22. The van der Waals surface area contributed by atoms with E-state index < -0.39 is 0 Å². The molecule has 3 nitrogen and oxygen atoms in total. The van der Waals surface area contributed by atoms with Crippen molar-refractivity contribution in [3.63, 3.8) is 0 Å². The number of nitrogens with zero attached hydrogens (tertiary/aromatic N) is 1. The molecule has 1 aromatic carbocycles. The first-order chi connectivity index (χ1) is 11.2. The van der Waals surface area contributed by atoms with Gasteiger partial charge in [-0.25, -0.2) is 0 Å². The van der Waals surface area contributed by atoms with Crippen molar-refractivity contribution in [3.8, 4) is 11.5 Å². The van der Waals surface area contributed by atoms with Crippen LogP contribution < -0.4 is 9.47 Å². The standard InChI is InChI=1S/C21H33NO2/c1-14-9-15(2)12-22(11-14)16(3)20-13-23-19-10-17(21(4,5)6)7-8-18(19)24-20/h7-8,10,14-16,20H,9,11-13H2,1-6H3. The third kappa shape index (κ3) is 3.72. The van der Waals surface area contributed by atoms with Crippen molar-refractivity contribution in [1.82, 2.24) is 4.90 Å². The first-order valence-corrected chi connectivity index (χ1v) is 9.42. The van der Waals surface area contributed by atoms with Gasteiger partial charge in [-0.2, -0.15) is 0 Å². The Balaban J connectivity index is 1.70. The van der Waals surface area contributed by atoms with Crippen LogP contribution in [0, 0.1) is 11.8 Å². The largest absolute Gasteiger partial charge is 0.486 e. The fourth-order valence-electron chi connectivity index (χ4n) is 4.07. The average molecular weight is 332 g/mol. The normalized spacial score (nSPS) is 29.3. The molecule has 3 rings (SSSR count). The zero-order valence-corrected chi connectivity index (χ0v) is 16.1. The third-order valence-corrected chi connectivity index (χ3v) is 5.50. The zero-order chi connectivity index (χ0) is 17.5. The van der Waals surface area contributed by atoms with E-state index in [2.05, 4.69) is 64.6 Å². The van der Waals surface area contributed by atoms with Crippen molar-refractivity contribution in [3.05, 3.63) is 23.8 Å².